The number of hydrogen-bond donors (Lipinski definition) is 2. The zero-order chi connectivity index (χ0) is 15.0. The van der Waals surface area contributed by atoms with E-state index in [1.165, 1.54) is 12.1 Å². The maximum Gasteiger partial charge on any atom is 0.123 e. The average Bonchev–Trinajstić information content (AvgIpc) is 2.85. The molecule has 2 aromatic rings. The predicted octanol–water partition coefficient (Wildman–Crippen LogP) is 1.65. The predicted molar refractivity (Wildman–Crippen MR) is 75.9 cm³/mol. The lowest BCUT2D eigenvalue weighted by Crippen LogP contribution is -2.47. The number of halogens is 1. The van der Waals surface area contributed by atoms with Gasteiger partial charge in [-0.1, -0.05) is 17.3 Å². The molecule has 1 aromatic carbocycles. The molecule has 2 heterocycles. The van der Waals surface area contributed by atoms with E-state index < -0.39 is 5.60 Å². The highest BCUT2D eigenvalue weighted by atomic mass is 19.1. The van der Waals surface area contributed by atoms with Gasteiger partial charge < -0.3 is 10.4 Å². The highest BCUT2D eigenvalue weighted by molar-refractivity contribution is 5.25. The van der Waals surface area contributed by atoms with Crippen LogP contribution in [-0.2, 0) is 12.6 Å². The molecule has 0 bridgehead atoms. The Balaban J connectivity index is 1.89. The van der Waals surface area contributed by atoms with E-state index in [0.29, 0.717) is 12.8 Å². The van der Waals surface area contributed by atoms with Crippen molar-refractivity contribution in [2.45, 2.75) is 37.5 Å². The van der Waals surface area contributed by atoms with Gasteiger partial charge in [-0.05, 0) is 31.0 Å². The first-order valence-electron chi connectivity index (χ1n) is 7.07. The van der Waals surface area contributed by atoms with Gasteiger partial charge in [0.15, 0.2) is 0 Å². The summed E-state index contributed by atoms with van der Waals surface area (Å²) in [5.41, 5.74) is 0.566. The van der Waals surface area contributed by atoms with Crippen molar-refractivity contribution in [2.75, 3.05) is 0 Å². The van der Waals surface area contributed by atoms with Crippen LogP contribution in [0.2, 0.25) is 0 Å². The van der Waals surface area contributed by atoms with Crippen LogP contribution in [0, 0.1) is 5.82 Å². The second-order valence-corrected chi connectivity index (χ2v) is 5.88. The van der Waals surface area contributed by atoms with Crippen LogP contribution < -0.4 is 5.32 Å². The Kier molecular flexibility index (Phi) is 3.51. The number of benzene rings is 1. The number of hydrogen-bond acceptors (Lipinski definition) is 4. The zero-order valence-electron chi connectivity index (χ0n) is 12.1. The van der Waals surface area contributed by atoms with Gasteiger partial charge in [0.2, 0.25) is 0 Å². The molecule has 6 heteroatoms. The van der Waals surface area contributed by atoms with Gasteiger partial charge in [-0.25, -0.2) is 4.39 Å². The van der Waals surface area contributed by atoms with Crippen LogP contribution in [0.5, 0.6) is 0 Å². The summed E-state index contributed by atoms with van der Waals surface area (Å²) in [5.74, 6) is -0.296. The van der Waals surface area contributed by atoms with Crippen LogP contribution in [0.15, 0.2) is 30.5 Å². The van der Waals surface area contributed by atoms with Crippen LogP contribution in [0.1, 0.15) is 37.1 Å². The highest BCUT2D eigenvalue weighted by Gasteiger charge is 2.40. The molecule has 0 unspecified atom stereocenters. The van der Waals surface area contributed by atoms with Crippen LogP contribution in [0.3, 0.4) is 0 Å². The third kappa shape index (κ3) is 2.82. The lowest BCUT2D eigenvalue weighted by atomic mass is 9.78. The van der Waals surface area contributed by atoms with Crippen LogP contribution in [0.25, 0.3) is 0 Å². The third-order valence-corrected chi connectivity index (χ3v) is 4.03. The number of aryl methyl sites for hydroxylation is 1. The molecular formula is C15H19FN4O. The molecule has 3 rings (SSSR count). The minimum absolute atomic E-state index is 0.0718. The fourth-order valence-corrected chi connectivity index (χ4v) is 3.10. The first kappa shape index (κ1) is 14.2. The summed E-state index contributed by atoms with van der Waals surface area (Å²) >= 11 is 0. The molecule has 0 amide bonds. The first-order chi connectivity index (χ1) is 9.96. The van der Waals surface area contributed by atoms with E-state index in [4.69, 9.17) is 0 Å². The molecule has 1 saturated heterocycles. The normalized spacial score (nSPS) is 29.5. The molecule has 0 aliphatic carbocycles. The largest absolute Gasteiger partial charge is 0.385 e. The fourth-order valence-electron chi connectivity index (χ4n) is 3.10. The molecule has 1 aliphatic heterocycles. The molecule has 0 saturated carbocycles. The SMILES string of the molecule is C[C@H]1C[C@@](O)(c2ccc(F)cc2)C[C@@H](c2cn(C)nn2)N1. The number of aliphatic hydroxyl groups is 1. The van der Waals surface area contributed by atoms with Crippen LogP contribution >= 0.6 is 0 Å². The van der Waals surface area contributed by atoms with Gasteiger partial charge >= 0.3 is 0 Å². The zero-order valence-corrected chi connectivity index (χ0v) is 12.1. The van der Waals surface area contributed by atoms with Crippen molar-refractivity contribution in [1.82, 2.24) is 20.3 Å². The Morgan fingerprint density at radius 2 is 2.05 bits per heavy atom. The van der Waals surface area contributed by atoms with E-state index >= 15 is 0 Å². The fraction of sp³-hybridized carbons (Fsp3) is 0.467. The van der Waals surface area contributed by atoms with Crippen molar-refractivity contribution in [3.63, 3.8) is 0 Å². The molecule has 2 N–H and O–H groups in total. The minimum Gasteiger partial charge on any atom is -0.385 e. The quantitative estimate of drug-likeness (QED) is 0.883. The minimum atomic E-state index is -0.986. The van der Waals surface area contributed by atoms with Crippen molar-refractivity contribution in [1.29, 1.82) is 0 Å². The number of piperidine rings is 1. The number of rotatable bonds is 2. The first-order valence-corrected chi connectivity index (χ1v) is 7.07. The van der Waals surface area contributed by atoms with Gasteiger partial charge in [-0.3, -0.25) is 4.68 Å². The summed E-state index contributed by atoms with van der Waals surface area (Å²) < 4.78 is 14.7. The second kappa shape index (κ2) is 5.20. The van der Waals surface area contributed by atoms with Crippen molar-refractivity contribution in [3.8, 4) is 0 Å². The Hall–Kier alpha value is -1.79. The van der Waals surface area contributed by atoms with Gasteiger partial charge in [0.1, 0.15) is 5.82 Å². The van der Waals surface area contributed by atoms with E-state index in [0.717, 1.165) is 11.3 Å². The summed E-state index contributed by atoms with van der Waals surface area (Å²) in [5, 5.41) is 22.5. The second-order valence-electron chi connectivity index (χ2n) is 5.88. The van der Waals surface area contributed by atoms with E-state index in [1.54, 1.807) is 16.8 Å². The number of aromatic nitrogens is 3. The topological polar surface area (TPSA) is 63.0 Å². The van der Waals surface area contributed by atoms with Gasteiger partial charge in [0, 0.05) is 25.7 Å². The molecule has 5 nitrogen and oxygen atoms in total. The van der Waals surface area contributed by atoms with E-state index in [9.17, 15) is 9.50 Å². The Labute approximate surface area is 122 Å². The molecule has 1 aromatic heterocycles. The molecule has 0 spiro atoms. The van der Waals surface area contributed by atoms with E-state index in [2.05, 4.69) is 15.6 Å². The molecule has 3 atom stereocenters. The third-order valence-electron chi connectivity index (χ3n) is 4.03. The standard InChI is InChI=1S/C15H19FN4O/c1-10-7-15(21,11-3-5-12(16)6-4-11)8-13(17-10)14-9-20(2)19-18-14/h3-6,9-10,13,17,21H,7-8H2,1-2H3/t10-,13-,15-/m0/s1. The smallest absolute Gasteiger partial charge is 0.123 e. The Morgan fingerprint density at radius 1 is 1.33 bits per heavy atom. The van der Waals surface area contributed by atoms with E-state index in [-0.39, 0.29) is 17.9 Å². The summed E-state index contributed by atoms with van der Waals surface area (Å²) in [7, 11) is 1.81. The summed E-state index contributed by atoms with van der Waals surface area (Å²) in [4.78, 5) is 0. The molecule has 0 radical (unpaired) electrons. The van der Waals surface area contributed by atoms with Crippen molar-refractivity contribution in [3.05, 3.63) is 47.5 Å². The lowest BCUT2D eigenvalue weighted by Gasteiger charge is -2.40. The van der Waals surface area contributed by atoms with Gasteiger partial charge in [0.25, 0.3) is 0 Å². The van der Waals surface area contributed by atoms with Gasteiger partial charge in [-0.15, -0.1) is 5.10 Å². The maximum atomic E-state index is 13.1. The molecule has 1 fully saturated rings. The Bertz CT molecular complexity index is 627. The average molecular weight is 290 g/mol. The summed E-state index contributed by atoms with van der Waals surface area (Å²) in [6, 6.07) is 6.13. The number of nitrogens with one attached hydrogen (secondary N) is 1. The Morgan fingerprint density at radius 3 is 2.67 bits per heavy atom. The van der Waals surface area contributed by atoms with Gasteiger partial charge in [0.05, 0.1) is 17.3 Å². The van der Waals surface area contributed by atoms with Crippen LogP contribution in [-0.4, -0.2) is 26.1 Å². The lowest BCUT2D eigenvalue weighted by molar-refractivity contribution is -0.0236. The van der Waals surface area contributed by atoms with Crippen molar-refractivity contribution in [2.24, 2.45) is 7.05 Å². The molecule has 1 aliphatic rings. The highest BCUT2D eigenvalue weighted by Crippen LogP contribution is 2.39. The number of nitrogens with zero attached hydrogens (tertiary/aromatic N) is 3. The van der Waals surface area contributed by atoms with Crippen LogP contribution in [0.4, 0.5) is 4.39 Å². The van der Waals surface area contributed by atoms with E-state index in [1.807, 2.05) is 20.2 Å². The summed E-state index contributed by atoms with van der Waals surface area (Å²) in [6.07, 6.45) is 2.91. The molecule has 21 heavy (non-hydrogen) atoms. The van der Waals surface area contributed by atoms with Crippen molar-refractivity contribution >= 4 is 0 Å². The molecule has 112 valence electrons. The van der Waals surface area contributed by atoms with Crippen molar-refractivity contribution < 1.29 is 9.50 Å². The maximum absolute atomic E-state index is 13.1. The monoisotopic (exact) mass is 290 g/mol. The summed E-state index contributed by atoms with van der Waals surface area (Å²) in [6.45, 7) is 2.02. The molecular weight excluding hydrogens is 271 g/mol. The van der Waals surface area contributed by atoms with Gasteiger partial charge in [-0.2, -0.15) is 0 Å².